The largest absolute Gasteiger partial charge is 0.358 e. The van der Waals surface area contributed by atoms with Crippen LogP contribution in [0.1, 0.15) is 16.8 Å². The van der Waals surface area contributed by atoms with Crippen LogP contribution in [0, 0.1) is 17.0 Å². The first-order valence-electron chi connectivity index (χ1n) is 6.65. The van der Waals surface area contributed by atoms with Crippen molar-refractivity contribution < 1.29 is 4.92 Å². The molecule has 0 bridgehead atoms. The van der Waals surface area contributed by atoms with Gasteiger partial charge >= 0.3 is 0 Å². The summed E-state index contributed by atoms with van der Waals surface area (Å²) in [5, 5.41) is 11.8. The number of nitro benzene ring substituents is 1. The predicted octanol–water partition coefficient (Wildman–Crippen LogP) is 4.55. The van der Waals surface area contributed by atoms with Crippen LogP contribution in [-0.2, 0) is 0 Å². The molecule has 104 valence electrons. The van der Waals surface area contributed by atoms with Crippen LogP contribution < -0.4 is 0 Å². The average molecular weight is 278 g/mol. The van der Waals surface area contributed by atoms with Gasteiger partial charge in [0, 0.05) is 34.3 Å². The number of nitro groups is 1. The maximum absolute atomic E-state index is 10.6. The molecule has 0 aliphatic carbocycles. The summed E-state index contributed by atoms with van der Waals surface area (Å²) in [4.78, 5) is 13.6. The van der Waals surface area contributed by atoms with Gasteiger partial charge in [-0.15, -0.1) is 0 Å². The number of H-pyrrole nitrogens is 1. The molecule has 0 aliphatic heterocycles. The van der Waals surface area contributed by atoms with E-state index in [4.69, 9.17) is 0 Å². The molecule has 0 spiro atoms. The second kappa shape index (κ2) is 5.25. The molecule has 0 atom stereocenters. The molecule has 3 aromatic rings. The number of para-hydroxylation sites is 1. The number of aromatic amines is 1. The van der Waals surface area contributed by atoms with E-state index in [0.717, 1.165) is 22.3 Å². The molecule has 4 heteroatoms. The number of hydrogen-bond acceptors (Lipinski definition) is 2. The SMILES string of the molecule is Cc1[nH]c2ccccc2c1C=Cc1ccc([N+](=O)[O-])cc1. The molecular formula is C17H14N2O2. The molecule has 3 rings (SSSR count). The lowest BCUT2D eigenvalue weighted by molar-refractivity contribution is -0.384. The second-order valence-corrected chi connectivity index (χ2v) is 4.89. The quantitative estimate of drug-likeness (QED) is 0.564. The van der Waals surface area contributed by atoms with Gasteiger partial charge in [-0.3, -0.25) is 10.1 Å². The van der Waals surface area contributed by atoms with Crippen LogP contribution in [0.4, 0.5) is 5.69 Å². The molecule has 0 aliphatic rings. The molecule has 0 unspecified atom stereocenters. The van der Waals surface area contributed by atoms with Crippen molar-refractivity contribution in [1.29, 1.82) is 0 Å². The summed E-state index contributed by atoms with van der Waals surface area (Å²) in [6, 6.07) is 14.7. The molecule has 0 fully saturated rings. The van der Waals surface area contributed by atoms with Crippen LogP contribution in [0.15, 0.2) is 48.5 Å². The van der Waals surface area contributed by atoms with Gasteiger partial charge in [0.25, 0.3) is 5.69 Å². The van der Waals surface area contributed by atoms with Crippen molar-refractivity contribution >= 4 is 28.7 Å². The summed E-state index contributed by atoms with van der Waals surface area (Å²) < 4.78 is 0. The predicted molar refractivity (Wildman–Crippen MR) is 85.1 cm³/mol. The van der Waals surface area contributed by atoms with Crippen molar-refractivity contribution in [3.8, 4) is 0 Å². The van der Waals surface area contributed by atoms with Crippen molar-refractivity contribution in [2.24, 2.45) is 0 Å². The third kappa shape index (κ3) is 2.56. The van der Waals surface area contributed by atoms with Gasteiger partial charge in [0.1, 0.15) is 0 Å². The van der Waals surface area contributed by atoms with Crippen LogP contribution in [0.25, 0.3) is 23.1 Å². The number of aryl methyl sites for hydroxylation is 1. The Morgan fingerprint density at radius 3 is 2.48 bits per heavy atom. The lowest BCUT2D eigenvalue weighted by Crippen LogP contribution is -1.86. The number of non-ortho nitro benzene ring substituents is 1. The zero-order chi connectivity index (χ0) is 14.8. The summed E-state index contributed by atoms with van der Waals surface area (Å²) in [7, 11) is 0. The highest BCUT2D eigenvalue weighted by Crippen LogP contribution is 2.24. The molecule has 0 radical (unpaired) electrons. The zero-order valence-corrected chi connectivity index (χ0v) is 11.5. The summed E-state index contributed by atoms with van der Waals surface area (Å²) in [5.74, 6) is 0. The molecule has 1 heterocycles. The molecular weight excluding hydrogens is 264 g/mol. The Morgan fingerprint density at radius 2 is 1.76 bits per heavy atom. The fourth-order valence-electron chi connectivity index (χ4n) is 2.40. The number of aromatic nitrogens is 1. The first kappa shape index (κ1) is 13.1. The topological polar surface area (TPSA) is 58.9 Å². The molecule has 0 amide bonds. The van der Waals surface area contributed by atoms with Crippen molar-refractivity contribution in [3.05, 3.63) is 75.5 Å². The number of benzene rings is 2. The molecule has 4 nitrogen and oxygen atoms in total. The zero-order valence-electron chi connectivity index (χ0n) is 11.5. The van der Waals surface area contributed by atoms with E-state index in [1.807, 2.05) is 37.3 Å². The number of nitrogens with one attached hydrogen (secondary N) is 1. The van der Waals surface area contributed by atoms with Gasteiger partial charge in [-0.2, -0.15) is 0 Å². The summed E-state index contributed by atoms with van der Waals surface area (Å²) >= 11 is 0. The minimum absolute atomic E-state index is 0.107. The highest BCUT2D eigenvalue weighted by atomic mass is 16.6. The molecule has 1 N–H and O–H groups in total. The van der Waals surface area contributed by atoms with E-state index in [1.54, 1.807) is 12.1 Å². The van der Waals surface area contributed by atoms with Gasteiger partial charge in [-0.1, -0.05) is 30.4 Å². The van der Waals surface area contributed by atoms with Gasteiger partial charge in [0.05, 0.1) is 4.92 Å². The van der Waals surface area contributed by atoms with Crippen molar-refractivity contribution in [2.45, 2.75) is 6.92 Å². The maximum atomic E-state index is 10.6. The van der Waals surface area contributed by atoms with E-state index in [9.17, 15) is 10.1 Å². The fourth-order valence-corrected chi connectivity index (χ4v) is 2.40. The summed E-state index contributed by atoms with van der Waals surface area (Å²) in [6.45, 7) is 2.04. The highest BCUT2D eigenvalue weighted by molar-refractivity contribution is 5.93. The lowest BCUT2D eigenvalue weighted by atomic mass is 10.1. The maximum Gasteiger partial charge on any atom is 0.269 e. The Morgan fingerprint density at radius 1 is 1.05 bits per heavy atom. The Kier molecular flexibility index (Phi) is 3.28. The Bertz CT molecular complexity index is 830. The second-order valence-electron chi connectivity index (χ2n) is 4.89. The number of hydrogen-bond donors (Lipinski definition) is 1. The van der Waals surface area contributed by atoms with Crippen LogP contribution in [-0.4, -0.2) is 9.91 Å². The van der Waals surface area contributed by atoms with Crippen LogP contribution >= 0.6 is 0 Å². The van der Waals surface area contributed by atoms with E-state index in [-0.39, 0.29) is 5.69 Å². The number of fused-ring (bicyclic) bond motifs is 1. The minimum atomic E-state index is -0.392. The summed E-state index contributed by atoms with van der Waals surface area (Å²) in [5.41, 5.74) is 4.40. The van der Waals surface area contributed by atoms with Crippen LogP contribution in [0.5, 0.6) is 0 Å². The number of rotatable bonds is 3. The first-order chi connectivity index (χ1) is 10.1. The standard InChI is InChI=1S/C17H14N2O2/c1-12-15(16-4-2-3-5-17(16)18-12)11-8-13-6-9-14(10-7-13)19(20)21/h2-11,18H,1H3. The Hall–Kier alpha value is -2.88. The molecule has 0 saturated heterocycles. The minimum Gasteiger partial charge on any atom is -0.358 e. The normalized spacial score (nSPS) is 11.3. The molecule has 0 saturated carbocycles. The van der Waals surface area contributed by atoms with E-state index in [2.05, 4.69) is 11.1 Å². The molecule has 21 heavy (non-hydrogen) atoms. The Labute approximate surface area is 121 Å². The third-order valence-electron chi connectivity index (χ3n) is 3.49. The monoisotopic (exact) mass is 278 g/mol. The lowest BCUT2D eigenvalue weighted by Gasteiger charge is -1.95. The summed E-state index contributed by atoms with van der Waals surface area (Å²) in [6.07, 6.45) is 4.00. The molecule has 1 aromatic heterocycles. The highest BCUT2D eigenvalue weighted by Gasteiger charge is 2.05. The van der Waals surface area contributed by atoms with Crippen molar-refractivity contribution in [1.82, 2.24) is 4.98 Å². The first-order valence-corrected chi connectivity index (χ1v) is 6.65. The van der Waals surface area contributed by atoms with Gasteiger partial charge in [0.15, 0.2) is 0 Å². The van der Waals surface area contributed by atoms with E-state index in [1.165, 1.54) is 17.5 Å². The van der Waals surface area contributed by atoms with Gasteiger partial charge < -0.3 is 4.98 Å². The van der Waals surface area contributed by atoms with Crippen LogP contribution in [0.2, 0.25) is 0 Å². The van der Waals surface area contributed by atoms with Gasteiger partial charge in [0.2, 0.25) is 0 Å². The van der Waals surface area contributed by atoms with Crippen molar-refractivity contribution in [2.75, 3.05) is 0 Å². The smallest absolute Gasteiger partial charge is 0.269 e. The van der Waals surface area contributed by atoms with Crippen LogP contribution in [0.3, 0.4) is 0 Å². The number of nitrogens with zero attached hydrogens (tertiary/aromatic N) is 1. The third-order valence-corrected chi connectivity index (χ3v) is 3.49. The molecule has 2 aromatic carbocycles. The average Bonchev–Trinajstić information content (AvgIpc) is 2.81. The van der Waals surface area contributed by atoms with Gasteiger partial charge in [-0.05, 0) is 30.7 Å². The van der Waals surface area contributed by atoms with Gasteiger partial charge in [-0.25, -0.2) is 0 Å². The Balaban J connectivity index is 1.94. The fraction of sp³-hybridized carbons (Fsp3) is 0.0588. The van der Waals surface area contributed by atoms with E-state index >= 15 is 0 Å². The van der Waals surface area contributed by atoms with Crippen molar-refractivity contribution in [3.63, 3.8) is 0 Å². The van der Waals surface area contributed by atoms with E-state index < -0.39 is 4.92 Å². The van der Waals surface area contributed by atoms with E-state index in [0.29, 0.717) is 0 Å².